The average Bonchev–Trinajstić information content (AvgIpc) is 2.84. The van der Waals surface area contributed by atoms with Crippen molar-refractivity contribution in [1.29, 1.82) is 0 Å². The second kappa shape index (κ2) is 4.22. The van der Waals surface area contributed by atoms with Crippen LogP contribution in [0, 0.1) is 0 Å². The quantitative estimate of drug-likeness (QED) is 0.848. The number of ether oxygens (including phenoxy) is 1. The van der Waals surface area contributed by atoms with E-state index in [1.165, 1.54) is 0 Å². The zero-order chi connectivity index (χ0) is 12.5. The van der Waals surface area contributed by atoms with Crippen LogP contribution in [0.3, 0.4) is 0 Å². The molecule has 1 atom stereocenters. The molecule has 2 amide bonds. The number of carbonyl (C=O) groups excluding carboxylic acids is 1. The smallest absolute Gasteiger partial charge is 0.315 e. The number of benzene rings is 2. The van der Waals surface area contributed by atoms with Gasteiger partial charge in [0.25, 0.3) is 0 Å². The molecule has 1 fully saturated rings. The molecule has 3 rings (SSSR count). The van der Waals surface area contributed by atoms with Gasteiger partial charge in [0, 0.05) is 11.9 Å². The summed E-state index contributed by atoms with van der Waals surface area (Å²) in [4.78, 5) is 11.2. The summed E-state index contributed by atoms with van der Waals surface area (Å²) in [5, 5.41) is 7.87. The summed E-state index contributed by atoms with van der Waals surface area (Å²) >= 11 is 0. The van der Waals surface area contributed by atoms with Crippen LogP contribution >= 0.6 is 0 Å². The van der Waals surface area contributed by atoms with E-state index < -0.39 is 0 Å². The Morgan fingerprint density at radius 2 is 1.94 bits per heavy atom. The molecule has 0 radical (unpaired) electrons. The number of rotatable bonds is 2. The van der Waals surface area contributed by atoms with E-state index in [-0.39, 0.29) is 12.1 Å². The van der Waals surface area contributed by atoms with Gasteiger partial charge in [0.1, 0.15) is 5.75 Å². The Kier molecular flexibility index (Phi) is 2.55. The predicted octanol–water partition coefficient (Wildman–Crippen LogP) is 2.20. The highest BCUT2D eigenvalue weighted by Gasteiger charge is 2.23. The Balaban J connectivity index is 2.16. The first-order valence-electron chi connectivity index (χ1n) is 5.89. The second-order valence-corrected chi connectivity index (χ2v) is 4.31. The summed E-state index contributed by atoms with van der Waals surface area (Å²) < 4.78 is 5.36. The van der Waals surface area contributed by atoms with Crippen LogP contribution in [-0.2, 0) is 0 Å². The number of hydrogen-bond acceptors (Lipinski definition) is 2. The third kappa shape index (κ3) is 1.66. The molecule has 0 saturated carbocycles. The minimum Gasteiger partial charge on any atom is -0.496 e. The third-order valence-corrected chi connectivity index (χ3v) is 3.29. The van der Waals surface area contributed by atoms with Crippen LogP contribution in [0.25, 0.3) is 10.8 Å². The van der Waals surface area contributed by atoms with Gasteiger partial charge in [-0.2, -0.15) is 0 Å². The second-order valence-electron chi connectivity index (χ2n) is 4.31. The fraction of sp³-hybridized carbons (Fsp3) is 0.214. The van der Waals surface area contributed by atoms with Crippen LogP contribution in [0.1, 0.15) is 11.6 Å². The molecular formula is C14H14N2O2. The normalized spacial score (nSPS) is 18.5. The van der Waals surface area contributed by atoms with Gasteiger partial charge in [-0.3, -0.25) is 0 Å². The maximum Gasteiger partial charge on any atom is 0.315 e. The van der Waals surface area contributed by atoms with Gasteiger partial charge in [0.15, 0.2) is 0 Å². The molecule has 18 heavy (non-hydrogen) atoms. The zero-order valence-electron chi connectivity index (χ0n) is 10.1. The highest BCUT2D eigenvalue weighted by atomic mass is 16.5. The van der Waals surface area contributed by atoms with E-state index in [0.29, 0.717) is 6.54 Å². The molecule has 0 aliphatic carbocycles. The van der Waals surface area contributed by atoms with Gasteiger partial charge < -0.3 is 15.4 Å². The molecule has 1 aliphatic rings. The predicted molar refractivity (Wildman–Crippen MR) is 69.8 cm³/mol. The molecule has 0 unspecified atom stereocenters. The number of amides is 2. The van der Waals surface area contributed by atoms with Gasteiger partial charge in [-0.25, -0.2) is 4.79 Å². The first kappa shape index (κ1) is 10.9. The van der Waals surface area contributed by atoms with Crippen molar-refractivity contribution in [1.82, 2.24) is 10.6 Å². The largest absolute Gasteiger partial charge is 0.496 e. The lowest BCUT2D eigenvalue weighted by atomic mass is 9.98. The molecule has 2 aromatic rings. The lowest BCUT2D eigenvalue weighted by molar-refractivity contribution is 0.247. The molecule has 2 N–H and O–H groups in total. The number of nitrogens with one attached hydrogen (secondary N) is 2. The summed E-state index contributed by atoms with van der Waals surface area (Å²) in [6, 6.07) is 11.9. The van der Waals surface area contributed by atoms with Crippen molar-refractivity contribution in [2.75, 3.05) is 13.7 Å². The molecule has 92 valence electrons. The Bertz CT molecular complexity index is 610. The molecule has 0 spiro atoms. The number of methoxy groups -OCH3 is 1. The maximum atomic E-state index is 11.2. The van der Waals surface area contributed by atoms with Crippen LogP contribution in [0.5, 0.6) is 5.75 Å². The first-order chi connectivity index (χ1) is 8.79. The molecule has 0 bridgehead atoms. The molecule has 4 nitrogen and oxygen atoms in total. The van der Waals surface area contributed by atoms with Gasteiger partial charge in [-0.15, -0.1) is 0 Å². The highest BCUT2D eigenvalue weighted by molar-refractivity contribution is 5.92. The van der Waals surface area contributed by atoms with Gasteiger partial charge in [-0.1, -0.05) is 30.3 Å². The highest BCUT2D eigenvalue weighted by Crippen LogP contribution is 2.31. The van der Waals surface area contributed by atoms with Crippen molar-refractivity contribution in [2.45, 2.75) is 6.04 Å². The Hall–Kier alpha value is -2.23. The molecule has 1 saturated heterocycles. The van der Waals surface area contributed by atoms with E-state index in [4.69, 9.17) is 4.74 Å². The first-order valence-corrected chi connectivity index (χ1v) is 5.89. The number of hydrogen-bond donors (Lipinski definition) is 2. The van der Waals surface area contributed by atoms with E-state index in [1.807, 2.05) is 30.3 Å². The molecule has 1 aliphatic heterocycles. The van der Waals surface area contributed by atoms with E-state index in [9.17, 15) is 4.79 Å². The van der Waals surface area contributed by atoms with E-state index in [1.54, 1.807) is 7.11 Å². The number of urea groups is 1. The Morgan fingerprint density at radius 3 is 2.61 bits per heavy atom. The van der Waals surface area contributed by atoms with Crippen molar-refractivity contribution >= 4 is 16.8 Å². The summed E-state index contributed by atoms with van der Waals surface area (Å²) in [6.45, 7) is 0.620. The van der Waals surface area contributed by atoms with Gasteiger partial charge in [-0.05, 0) is 17.0 Å². The summed E-state index contributed by atoms with van der Waals surface area (Å²) in [5.41, 5.74) is 1.12. The van der Waals surface area contributed by atoms with Crippen molar-refractivity contribution in [3.8, 4) is 5.75 Å². The van der Waals surface area contributed by atoms with Crippen molar-refractivity contribution in [2.24, 2.45) is 0 Å². The summed E-state index contributed by atoms with van der Waals surface area (Å²) in [5.74, 6) is 0.853. The standard InChI is InChI=1S/C14H14N2O2/c1-18-13-7-6-10(12-8-15-14(17)16-12)9-4-2-3-5-11(9)13/h2-7,12H,8H2,1H3,(H2,15,16,17)/t12-/m0/s1. The molecule has 2 aromatic carbocycles. The third-order valence-electron chi connectivity index (χ3n) is 3.29. The monoisotopic (exact) mass is 242 g/mol. The van der Waals surface area contributed by atoms with Crippen molar-refractivity contribution < 1.29 is 9.53 Å². The maximum absolute atomic E-state index is 11.2. The van der Waals surface area contributed by atoms with Crippen LogP contribution in [0.2, 0.25) is 0 Å². The van der Waals surface area contributed by atoms with Gasteiger partial charge >= 0.3 is 6.03 Å². The number of fused-ring (bicyclic) bond motifs is 1. The Morgan fingerprint density at radius 1 is 1.17 bits per heavy atom. The van der Waals surface area contributed by atoms with Crippen LogP contribution in [0.15, 0.2) is 36.4 Å². The van der Waals surface area contributed by atoms with Crippen LogP contribution in [-0.4, -0.2) is 19.7 Å². The van der Waals surface area contributed by atoms with E-state index in [2.05, 4.69) is 16.7 Å². The van der Waals surface area contributed by atoms with Crippen molar-refractivity contribution in [3.05, 3.63) is 42.0 Å². The summed E-state index contributed by atoms with van der Waals surface area (Å²) in [7, 11) is 1.67. The average molecular weight is 242 g/mol. The lowest BCUT2D eigenvalue weighted by Crippen LogP contribution is -2.21. The topological polar surface area (TPSA) is 50.4 Å². The van der Waals surface area contributed by atoms with Gasteiger partial charge in [0.05, 0.1) is 13.2 Å². The number of carbonyl (C=O) groups is 1. The molecular weight excluding hydrogens is 228 g/mol. The summed E-state index contributed by atoms with van der Waals surface area (Å²) in [6.07, 6.45) is 0. The fourth-order valence-electron chi connectivity index (χ4n) is 2.42. The minimum atomic E-state index is -0.111. The van der Waals surface area contributed by atoms with Crippen molar-refractivity contribution in [3.63, 3.8) is 0 Å². The fourth-order valence-corrected chi connectivity index (χ4v) is 2.42. The minimum absolute atomic E-state index is 0.0216. The van der Waals surface area contributed by atoms with E-state index in [0.717, 1.165) is 22.1 Å². The Labute approximate surface area is 105 Å². The lowest BCUT2D eigenvalue weighted by Gasteiger charge is -2.14. The van der Waals surface area contributed by atoms with Crippen LogP contribution < -0.4 is 15.4 Å². The molecule has 4 heteroatoms. The van der Waals surface area contributed by atoms with E-state index >= 15 is 0 Å². The molecule has 1 heterocycles. The SMILES string of the molecule is COc1ccc([C@@H]2CNC(=O)N2)c2ccccc12. The molecule has 0 aromatic heterocycles. The van der Waals surface area contributed by atoms with Crippen LogP contribution in [0.4, 0.5) is 4.79 Å². The zero-order valence-corrected chi connectivity index (χ0v) is 10.1. The van der Waals surface area contributed by atoms with Gasteiger partial charge in [0.2, 0.25) is 0 Å².